The monoisotopic (exact) mass is 388 g/mol. The Morgan fingerprint density at radius 1 is 1.26 bits per heavy atom. The summed E-state index contributed by atoms with van der Waals surface area (Å²) in [5, 5.41) is 8.15. The SMILES string of the molecule is O=C(Nc1ccnn1CC1CCOC1)N1CCC(c2cccc(Cl)c2)CC1. The van der Waals surface area contributed by atoms with E-state index in [4.69, 9.17) is 16.3 Å². The van der Waals surface area contributed by atoms with Gasteiger partial charge in [-0.15, -0.1) is 0 Å². The van der Waals surface area contributed by atoms with Gasteiger partial charge >= 0.3 is 6.03 Å². The Morgan fingerprint density at radius 2 is 2.11 bits per heavy atom. The van der Waals surface area contributed by atoms with Crippen molar-refractivity contribution in [2.75, 3.05) is 31.6 Å². The molecule has 3 heterocycles. The third kappa shape index (κ3) is 4.45. The molecule has 0 radical (unpaired) electrons. The zero-order valence-electron chi connectivity index (χ0n) is 15.3. The summed E-state index contributed by atoms with van der Waals surface area (Å²) >= 11 is 6.11. The molecule has 0 aliphatic carbocycles. The normalized spacial score (nSPS) is 20.8. The first-order valence-electron chi connectivity index (χ1n) is 9.60. The van der Waals surface area contributed by atoms with E-state index in [-0.39, 0.29) is 6.03 Å². The van der Waals surface area contributed by atoms with Crippen LogP contribution in [0.3, 0.4) is 0 Å². The standard InChI is InChI=1S/C20H25ClN4O2/c21-18-3-1-2-17(12-18)16-5-9-24(10-6-16)20(26)23-19-4-8-22-25(19)13-15-7-11-27-14-15/h1-4,8,12,15-16H,5-7,9-11,13-14H2,(H,23,26). The van der Waals surface area contributed by atoms with E-state index in [1.807, 2.05) is 33.8 Å². The summed E-state index contributed by atoms with van der Waals surface area (Å²) in [6.45, 7) is 3.85. The number of nitrogens with zero attached hydrogens (tertiary/aromatic N) is 3. The molecule has 6 nitrogen and oxygen atoms in total. The van der Waals surface area contributed by atoms with Crippen molar-refractivity contribution in [1.82, 2.24) is 14.7 Å². The number of carbonyl (C=O) groups excluding carboxylic acids is 1. The van der Waals surface area contributed by atoms with Crippen molar-refractivity contribution in [1.29, 1.82) is 0 Å². The average Bonchev–Trinajstić information content (AvgIpc) is 3.35. The second kappa shape index (κ2) is 8.31. The first-order chi connectivity index (χ1) is 13.2. The fourth-order valence-electron chi connectivity index (χ4n) is 3.92. The number of aromatic nitrogens is 2. The fraction of sp³-hybridized carbons (Fsp3) is 0.500. The number of urea groups is 1. The fourth-order valence-corrected chi connectivity index (χ4v) is 4.12. The summed E-state index contributed by atoms with van der Waals surface area (Å²) in [7, 11) is 0. The minimum absolute atomic E-state index is 0.0519. The van der Waals surface area contributed by atoms with Crippen molar-refractivity contribution in [2.24, 2.45) is 5.92 Å². The first kappa shape index (κ1) is 18.3. The zero-order chi connectivity index (χ0) is 18.6. The molecule has 2 aliphatic heterocycles. The lowest BCUT2D eigenvalue weighted by Gasteiger charge is -2.32. The molecule has 144 valence electrons. The highest BCUT2D eigenvalue weighted by molar-refractivity contribution is 6.30. The van der Waals surface area contributed by atoms with Gasteiger partial charge in [-0.05, 0) is 42.9 Å². The molecule has 7 heteroatoms. The highest BCUT2D eigenvalue weighted by Crippen LogP contribution is 2.29. The first-order valence-corrected chi connectivity index (χ1v) is 9.98. The minimum atomic E-state index is -0.0519. The molecular formula is C20H25ClN4O2. The van der Waals surface area contributed by atoms with Gasteiger partial charge in [0.15, 0.2) is 0 Å². The summed E-state index contributed by atoms with van der Waals surface area (Å²) in [6, 6.07) is 9.85. The number of anilines is 1. The molecule has 1 atom stereocenters. The number of hydrogen-bond acceptors (Lipinski definition) is 3. The number of carbonyl (C=O) groups is 1. The predicted molar refractivity (Wildman–Crippen MR) is 105 cm³/mol. The van der Waals surface area contributed by atoms with Crippen molar-refractivity contribution in [3.8, 4) is 0 Å². The lowest BCUT2D eigenvalue weighted by molar-refractivity contribution is 0.181. The van der Waals surface area contributed by atoms with E-state index in [0.717, 1.165) is 63.0 Å². The van der Waals surface area contributed by atoms with Crippen LogP contribution in [0, 0.1) is 5.92 Å². The van der Waals surface area contributed by atoms with Crippen molar-refractivity contribution < 1.29 is 9.53 Å². The number of likely N-dealkylation sites (tertiary alicyclic amines) is 1. The molecule has 1 unspecified atom stereocenters. The maximum absolute atomic E-state index is 12.7. The molecule has 1 aromatic heterocycles. The van der Waals surface area contributed by atoms with Crippen molar-refractivity contribution in [2.45, 2.75) is 31.7 Å². The summed E-state index contributed by atoms with van der Waals surface area (Å²) < 4.78 is 7.30. The van der Waals surface area contributed by atoms with Crippen LogP contribution in [0.25, 0.3) is 0 Å². The van der Waals surface area contributed by atoms with Crippen molar-refractivity contribution in [3.63, 3.8) is 0 Å². The van der Waals surface area contributed by atoms with Crippen LogP contribution >= 0.6 is 11.6 Å². The Balaban J connectivity index is 1.32. The number of ether oxygens (including phenoxy) is 1. The molecule has 4 rings (SSSR count). The highest BCUT2D eigenvalue weighted by Gasteiger charge is 2.25. The summed E-state index contributed by atoms with van der Waals surface area (Å²) in [5.74, 6) is 1.68. The van der Waals surface area contributed by atoms with Crippen LogP contribution in [-0.4, -0.2) is 47.0 Å². The molecule has 2 saturated heterocycles. The van der Waals surface area contributed by atoms with Gasteiger partial charge in [-0.2, -0.15) is 5.10 Å². The number of nitrogens with one attached hydrogen (secondary N) is 1. The van der Waals surface area contributed by atoms with E-state index in [2.05, 4.69) is 16.5 Å². The van der Waals surface area contributed by atoms with E-state index in [9.17, 15) is 4.79 Å². The number of piperidine rings is 1. The third-order valence-electron chi connectivity index (χ3n) is 5.51. The Labute approximate surface area is 164 Å². The largest absolute Gasteiger partial charge is 0.381 e. The molecule has 1 N–H and O–H groups in total. The number of halogens is 1. The maximum Gasteiger partial charge on any atom is 0.322 e. The van der Waals surface area contributed by atoms with Crippen LogP contribution in [0.2, 0.25) is 5.02 Å². The molecule has 2 amide bonds. The number of amides is 2. The van der Waals surface area contributed by atoms with E-state index in [0.29, 0.717) is 11.8 Å². The third-order valence-corrected chi connectivity index (χ3v) is 5.74. The van der Waals surface area contributed by atoms with E-state index >= 15 is 0 Å². The van der Waals surface area contributed by atoms with Crippen LogP contribution < -0.4 is 5.32 Å². The van der Waals surface area contributed by atoms with Crippen LogP contribution in [-0.2, 0) is 11.3 Å². The highest BCUT2D eigenvalue weighted by atomic mass is 35.5. The van der Waals surface area contributed by atoms with Crippen LogP contribution in [0.1, 0.15) is 30.7 Å². The topological polar surface area (TPSA) is 59.4 Å². The smallest absolute Gasteiger partial charge is 0.322 e. The van der Waals surface area contributed by atoms with Crippen LogP contribution in [0.15, 0.2) is 36.5 Å². The van der Waals surface area contributed by atoms with Crippen LogP contribution in [0.5, 0.6) is 0 Å². The van der Waals surface area contributed by atoms with Gasteiger partial charge in [0.25, 0.3) is 0 Å². The van der Waals surface area contributed by atoms with Gasteiger partial charge in [-0.1, -0.05) is 23.7 Å². The predicted octanol–water partition coefficient (Wildman–Crippen LogP) is 3.98. The second-order valence-corrected chi connectivity index (χ2v) is 7.81. The van der Waals surface area contributed by atoms with Gasteiger partial charge < -0.3 is 9.64 Å². The van der Waals surface area contributed by atoms with Gasteiger partial charge in [-0.25, -0.2) is 9.48 Å². The van der Waals surface area contributed by atoms with Gasteiger partial charge in [0.2, 0.25) is 0 Å². The van der Waals surface area contributed by atoms with Gasteiger partial charge in [0.05, 0.1) is 12.8 Å². The molecule has 2 aliphatic rings. The lowest BCUT2D eigenvalue weighted by Crippen LogP contribution is -2.41. The molecule has 0 saturated carbocycles. The van der Waals surface area contributed by atoms with Gasteiger partial charge in [0.1, 0.15) is 5.82 Å². The Bertz CT molecular complexity index is 780. The van der Waals surface area contributed by atoms with Crippen molar-refractivity contribution in [3.05, 3.63) is 47.1 Å². The maximum atomic E-state index is 12.7. The van der Waals surface area contributed by atoms with Gasteiger partial charge in [-0.3, -0.25) is 5.32 Å². The molecule has 2 fully saturated rings. The summed E-state index contributed by atoms with van der Waals surface area (Å²) in [4.78, 5) is 14.6. The van der Waals surface area contributed by atoms with Gasteiger partial charge in [0, 0.05) is 43.2 Å². The molecule has 0 spiro atoms. The summed E-state index contributed by atoms with van der Waals surface area (Å²) in [6.07, 6.45) is 4.68. The number of rotatable bonds is 4. The number of hydrogen-bond donors (Lipinski definition) is 1. The number of benzene rings is 1. The van der Waals surface area contributed by atoms with Crippen molar-refractivity contribution >= 4 is 23.4 Å². The molecule has 1 aromatic carbocycles. The van der Waals surface area contributed by atoms with E-state index < -0.39 is 0 Å². The average molecular weight is 389 g/mol. The van der Waals surface area contributed by atoms with E-state index in [1.165, 1.54) is 5.56 Å². The second-order valence-electron chi connectivity index (χ2n) is 7.37. The molecule has 27 heavy (non-hydrogen) atoms. The summed E-state index contributed by atoms with van der Waals surface area (Å²) in [5.41, 5.74) is 1.26. The van der Waals surface area contributed by atoms with E-state index in [1.54, 1.807) is 6.20 Å². The lowest BCUT2D eigenvalue weighted by atomic mass is 9.89. The molecular weight excluding hydrogens is 364 g/mol. The Hall–Kier alpha value is -2.05. The molecule has 0 bridgehead atoms. The minimum Gasteiger partial charge on any atom is -0.381 e. The Kier molecular flexibility index (Phi) is 5.64. The zero-order valence-corrected chi connectivity index (χ0v) is 16.1. The molecule has 2 aromatic rings. The van der Waals surface area contributed by atoms with Crippen LogP contribution in [0.4, 0.5) is 10.6 Å². The Morgan fingerprint density at radius 3 is 2.85 bits per heavy atom. The quantitative estimate of drug-likeness (QED) is 0.861.